The molecule has 0 atom stereocenters. The normalized spacial score (nSPS) is 10.7. The fraction of sp³-hybridized carbons (Fsp3) is 0.222. The average Bonchev–Trinajstić information content (AvgIpc) is 3.00. The van der Waals surface area contributed by atoms with Crippen LogP contribution in [0.2, 0.25) is 0 Å². The summed E-state index contributed by atoms with van der Waals surface area (Å²) in [6.07, 6.45) is 0. The van der Waals surface area contributed by atoms with Crippen molar-refractivity contribution >= 4 is 32.6 Å². The zero-order valence-corrected chi connectivity index (χ0v) is 14.0. The van der Waals surface area contributed by atoms with Gasteiger partial charge in [-0.15, -0.1) is 0 Å². The van der Waals surface area contributed by atoms with Gasteiger partial charge in [-0.1, -0.05) is 41.7 Å². The lowest BCUT2D eigenvalue weighted by atomic mass is 10.2. The minimum atomic E-state index is -0.0898. The maximum Gasteiger partial charge on any atom is 0.266 e. The van der Waals surface area contributed by atoms with Gasteiger partial charge in [0.1, 0.15) is 5.75 Å². The zero-order chi connectivity index (χ0) is 16.2. The number of hydrogen-bond acceptors (Lipinski definition) is 4. The van der Waals surface area contributed by atoms with Crippen molar-refractivity contribution < 1.29 is 9.53 Å². The number of aromatic nitrogens is 1. The first-order valence-electron chi connectivity index (χ1n) is 7.53. The van der Waals surface area contributed by atoms with Crippen LogP contribution in [0.25, 0.3) is 10.2 Å². The number of likely N-dealkylation sites (N-methyl/N-ethyl adjacent to an activating group) is 1. The molecule has 2 aromatic carbocycles. The van der Waals surface area contributed by atoms with E-state index in [0.29, 0.717) is 12.3 Å². The van der Waals surface area contributed by atoms with Gasteiger partial charge in [0.15, 0.2) is 11.7 Å². The molecule has 4 nitrogen and oxygen atoms in total. The number of amides is 1. The van der Waals surface area contributed by atoms with Gasteiger partial charge < -0.3 is 4.74 Å². The largest absolute Gasteiger partial charge is 0.484 e. The second kappa shape index (κ2) is 6.79. The van der Waals surface area contributed by atoms with E-state index in [1.807, 2.05) is 62.4 Å². The van der Waals surface area contributed by atoms with Crippen molar-refractivity contribution in [2.24, 2.45) is 0 Å². The van der Waals surface area contributed by atoms with Crippen molar-refractivity contribution in [3.63, 3.8) is 0 Å². The summed E-state index contributed by atoms with van der Waals surface area (Å²) in [5.41, 5.74) is 2.08. The number of aryl methyl sites for hydroxylation is 1. The first kappa shape index (κ1) is 15.5. The van der Waals surface area contributed by atoms with Crippen molar-refractivity contribution in [1.29, 1.82) is 0 Å². The summed E-state index contributed by atoms with van der Waals surface area (Å²) < 4.78 is 6.65. The van der Waals surface area contributed by atoms with Crippen LogP contribution in [-0.2, 0) is 4.79 Å². The molecule has 23 heavy (non-hydrogen) atoms. The fourth-order valence-corrected chi connectivity index (χ4v) is 3.47. The standard InChI is InChI=1S/C18H18N2O2S/c1-3-20(16(21)12-22-14-9-5-4-6-10-14)18-19-17-13(2)8-7-11-15(17)23-18/h4-11H,3,12H2,1-2H3. The molecule has 0 saturated carbocycles. The molecular formula is C18H18N2O2S. The van der Waals surface area contributed by atoms with E-state index in [4.69, 9.17) is 4.74 Å². The van der Waals surface area contributed by atoms with Crippen LogP contribution in [0.3, 0.4) is 0 Å². The van der Waals surface area contributed by atoms with Gasteiger partial charge in [0.2, 0.25) is 0 Å². The first-order chi connectivity index (χ1) is 11.2. The van der Waals surface area contributed by atoms with Crippen LogP contribution >= 0.6 is 11.3 Å². The van der Waals surface area contributed by atoms with Gasteiger partial charge in [-0.05, 0) is 37.6 Å². The molecule has 0 N–H and O–H groups in total. The van der Waals surface area contributed by atoms with E-state index in [-0.39, 0.29) is 12.5 Å². The number of para-hydroxylation sites is 2. The molecule has 1 aromatic heterocycles. The number of carbonyl (C=O) groups is 1. The number of benzene rings is 2. The Labute approximate surface area is 139 Å². The molecule has 3 aromatic rings. The molecule has 0 radical (unpaired) electrons. The number of rotatable bonds is 5. The van der Waals surface area contributed by atoms with Crippen molar-refractivity contribution in [2.45, 2.75) is 13.8 Å². The Kier molecular flexibility index (Phi) is 4.57. The number of nitrogens with zero attached hydrogens (tertiary/aromatic N) is 2. The lowest BCUT2D eigenvalue weighted by molar-refractivity contribution is -0.120. The Bertz CT molecular complexity index is 814. The molecule has 5 heteroatoms. The van der Waals surface area contributed by atoms with Gasteiger partial charge in [-0.2, -0.15) is 0 Å². The van der Waals surface area contributed by atoms with E-state index in [1.165, 1.54) is 11.3 Å². The smallest absolute Gasteiger partial charge is 0.266 e. The molecular weight excluding hydrogens is 308 g/mol. The molecule has 1 amide bonds. The fourth-order valence-electron chi connectivity index (χ4n) is 2.35. The van der Waals surface area contributed by atoms with Crippen LogP contribution in [0.5, 0.6) is 5.75 Å². The van der Waals surface area contributed by atoms with Crippen LogP contribution in [0.15, 0.2) is 48.5 Å². The Morgan fingerprint density at radius 1 is 1.17 bits per heavy atom. The van der Waals surface area contributed by atoms with E-state index >= 15 is 0 Å². The third-order valence-electron chi connectivity index (χ3n) is 3.56. The van der Waals surface area contributed by atoms with Gasteiger partial charge in [0, 0.05) is 6.54 Å². The van der Waals surface area contributed by atoms with Crippen molar-refractivity contribution in [3.8, 4) is 5.75 Å². The van der Waals surface area contributed by atoms with Crippen LogP contribution in [0.1, 0.15) is 12.5 Å². The molecule has 0 aliphatic heterocycles. The van der Waals surface area contributed by atoms with E-state index in [1.54, 1.807) is 4.90 Å². The van der Waals surface area contributed by atoms with Crippen molar-refractivity contribution in [1.82, 2.24) is 4.98 Å². The summed E-state index contributed by atoms with van der Waals surface area (Å²) >= 11 is 1.53. The highest BCUT2D eigenvalue weighted by molar-refractivity contribution is 7.22. The number of anilines is 1. The van der Waals surface area contributed by atoms with Gasteiger partial charge in [-0.25, -0.2) is 4.98 Å². The van der Waals surface area contributed by atoms with Crippen LogP contribution < -0.4 is 9.64 Å². The molecule has 0 saturated heterocycles. The van der Waals surface area contributed by atoms with E-state index in [0.717, 1.165) is 20.9 Å². The minimum absolute atomic E-state index is 0.00671. The third-order valence-corrected chi connectivity index (χ3v) is 4.61. The summed E-state index contributed by atoms with van der Waals surface area (Å²) in [6, 6.07) is 15.4. The minimum Gasteiger partial charge on any atom is -0.484 e. The van der Waals surface area contributed by atoms with Crippen molar-refractivity contribution in [2.75, 3.05) is 18.1 Å². The van der Waals surface area contributed by atoms with E-state index in [2.05, 4.69) is 4.98 Å². The van der Waals surface area contributed by atoms with E-state index < -0.39 is 0 Å². The quantitative estimate of drug-likeness (QED) is 0.711. The van der Waals surface area contributed by atoms with Gasteiger partial charge in [0.05, 0.1) is 10.2 Å². The highest BCUT2D eigenvalue weighted by Crippen LogP contribution is 2.30. The molecule has 1 heterocycles. The SMILES string of the molecule is CCN(C(=O)COc1ccccc1)c1nc2c(C)cccc2s1. The molecule has 0 fully saturated rings. The van der Waals surface area contributed by atoms with Crippen LogP contribution in [0, 0.1) is 6.92 Å². The Morgan fingerprint density at radius 2 is 1.96 bits per heavy atom. The maximum absolute atomic E-state index is 12.5. The van der Waals surface area contributed by atoms with Crippen LogP contribution in [0.4, 0.5) is 5.13 Å². The molecule has 0 unspecified atom stereocenters. The Balaban J connectivity index is 1.77. The van der Waals surface area contributed by atoms with Gasteiger partial charge in [0.25, 0.3) is 5.91 Å². The monoisotopic (exact) mass is 326 g/mol. The molecule has 0 bridgehead atoms. The second-order valence-electron chi connectivity index (χ2n) is 5.16. The zero-order valence-electron chi connectivity index (χ0n) is 13.2. The third kappa shape index (κ3) is 3.35. The number of ether oxygens (including phenoxy) is 1. The van der Waals surface area contributed by atoms with Gasteiger partial charge in [-0.3, -0.25) is 9.69 Å². The number of hydrogen-bond donors (Lipinski definition) is 0. The summed E-state index contributed by atoms with van der Waals surface area (Å²) in [5, 5.41) is 0.721. The molecule has 118 valence electrons. The number of fused-ring (bicyclic) bond motifs is 1. The molecule has 0 spiro atoms. The highest BCUT2D eigenvalue weighted by atomic mass is 32.1. The number of thiazole rings is 1. The van der Waals surface area contributed by atoms with Gasteiger partial charge >= 0.3 is 0 Å². The predicted molar refractivity (Wildman–Crippen MR) is 94.3 cm³/mol. The summed E-state index contributed by atoms with van der Waals surface area (Å²) in [5.74, 6) is 0.602. The maximum atomic E-state index is 12.5. The van der Waals surface area contributed by atoms with E-state index in [9.17, 15) is 4.79 Å². The lowest BCUT2D eigenvalue weighted by Crippen LogP contribution is -2.34. The lowest BCUT2D eigenvalue weighted by Gasteiger charge is -2.17. The summed E-state index contributed by atoms with van der Waals surface area (Å²) in [6.45, 7) is 4.55. The molecule has 3 rings (SSSR count). The Hall–Kier alpha value is -2.40. The average molecular weight is 326 g/mol. The first-order valence-corrected chi connectivity index (χ1v) is 8.35. The summed E-state index contributed by atoms with van der Waals surface area (Å²) in [7, 11) is 0. The Morgan fingerprint density at radius 3 is 2.65 bits per heavy atom. The summed E-state index contributed by atoms with van der Waals surface area (Å²) in [4.78, 5) is 18.8. The predicted octanol–water partition coefficient (Wildman–Crippen LogP) is 4.04. The number of carbonyl (C=O) groups excluding carboxylic acids is 1. The van der Waals surface area contributed by atoms with Crippen molar-refractivity contribution in [3.05, 3.63) is 54.1 Å². The highest BCUT2D eigenvalue weighted by Gasteiger charge is 2.19. The molecule has 0 aliphatic carbocycles. The van der Waals surface area contributed by atoms with Crippen LogP contribution in [-0.4, -0.2) is 24.0 Å². The second-order valence-corrected chi connectivity index (χ2v) is 6.17. The molecule has 0 aliphatic rings. The topological polar surface area (TPSA) is 42.4 Å².